The number of carbonyl (C=O) groups is 2. The molecule has 0 aliphatic carbocycles. The van der Waals surface area contributed by atoms with Gasteiger partial charge in [0.2, 0.25) is 5.91 Å². The van der Waals surface area contributed by atoms with Crippen molar-refractivity contribution in [1.82, 2.24) is 14.5 Å². The zero-order valence-electron chi connectivity index (χ0n) is 19.6. The number of carbonyl (C=O) groups excluding carboxylic acids is 2. The van der Waals surface area contributed by atoms with Gasteiger partial charge in [-0.3, -0.25) is 9.59 Å². The van der Waals surface area contributed by atoms with E-state index in [0.29, 0.717) is 42.7 Å². The minimum absolute atomic E-state index is 0.0696. The molecule has 4 rings (SSSR count). The monoisotopic (exact) mass is 448 g/mol. The quantitative estimate of drug-likeness (QED) is 0.562. The SMILES string of the molecule is CCC(=O)Nc1cc(C(=O)N(CC)CC2CCCO2)c2c(c1)nc(Cc1ccccc1)n2C. The summed E-state index contributed by atoms with van der Waals surface area (Å²) < 4.78 is 7.78. The third-order valence-electron chi connectivity index (χ3n) is 6.22. The predicted octanol–water partition coefficient (Wildman–Crippen LogP) is 4.15. The van der Waals surface area contributed by atoms with Crippen LogP contribution in [0, 0.1) is 0 Å². The van der Waals surface area contributed by atoms with E-state index in [-0.39, 0.29) is 17.9 Å². The normalized spacial score (nSPS) is 15.7. The molecule has 1 unspecified atom stereocenters. The van der Waals surface area contributed by atoms with Gasteiger partial charge in [0, 0.05) is 45.3 Å². The maximum Gasteiger partial charge on any atom is 0.256 e. The summed E-state index contributed by atoms with van der Waals surface area (Å²) in [5.74, 6) is 0.700. The number of benzene rings is 2. The maximum atomic E-state index is 13.7. The lowest BCUT2D eigenvalue weighted by atomic mass is 10.1. The van der Waals surface area contributed by atoms with Crippen LogP contribution >= 0.6 is 0 Å². The highest BCUT2D eigenvalue weighted by atomic mass is 16.5. The molecule has 1 saturated heterocycles. The fourth-order valence-corrected chi connectivity index (χ4v) is 4.38. The Hall–Kier alpha value is -3.19. The smallest absolute Gasteiger partial charge is 0.256 e. The van der Waals surface area contributed by atoms with E-state index in [1.807, 2.05) is 47.7 Å². The number of anilines is 1. The summed E-state index contributed by atoms with van der Waals surface area (Å²) in [6.07, 6.45) is 3.10. The molecule has 1 atom stereocenters. The number of likely N-dealkylation sites (N-methyl/N-ethyl adjacent to an activating group) is 1. The summed E-state index contributed by atoms with van der Waals surface area (Å²) in [5.41, 5.74) is 3.78. The summed E-state index contributed by atoms with van der Waals surface area (Å²) in [5, 5.41) is 2.90. The minimum atomic E-state index is -0.0973. The summed E-state index contributed by atoms with van der Waals surface area (Å²) >= 11 is 0. The van der Waals surface area contributed by atoms with Gasteiger partial charge in [0.05, 0.1) is 22.7 Å². The van der Waals surface area contributed by atoms with Crippen LogP contribution in [0.4, 0.5) is 5.69 Å². The van der Waals surface area contributed by atoms with Crippen LogP contribution < -0.4 is 5.32 Å². The first-order chi connectivity index (χ1) is 16.0. The molecule has 174 valence electrons. The molecule has 33 heavy (non-hydrogen) atoms. The van der Waals surface area contributed by atoms with E-state index in [9.17, 15) is 9.59 Å². The molecule has 1 aliphatic heterocycles. The fourth-order valence-electron chi connectivity index (χ4n) is 4.38. The van der Waals surface area contributed by atoms with Gasteiger partial charge in [0.15, 0.2) is 0 Å². The van der Waals surface area contributed by atoms with Crippen molar-refractivity contribution in [1.29, 1.82) is 0 Å². The molecule has 0 spiro atoms. The van der Waals surface area contributed by atoms with E-state index in [1.165, 1.54) is 0 Å². The molecular formula is C26H32N4O3. The first kappa shape index (κ1) is 23.0. The number of hydrogen-bond acceptors (Lipinski definition) is 4. The highest BCUT2D eigenvalue weighted by Gasteiger charge is 2.26. The average Bonchev–Trinajstić information content (AvgIpc) is 3.45. The number of aromatic nitrogens is 2. The topological polar surface area (TPSA) is 76.5 Å². The lowest BCUT2D eigenvalue weighted by Gasteiger charge is -2.25. The van der Waals surface area contributed by atoms with Gasteiger partial charge in [0.25, 0.3) is 5.91 Å². The highest BCUT2D eigenvalue weighted by molar-refractivity contribution is 6.07. The Labute approximate surface area is 194 Å². The van der Waals surface area contributed by atoms with Gasteiger partial charge in [-0.15, -0.1) is 0 Å². The molecule has 1 fully saturated rings. The Balaban J connectivity index is 1.75. The van der Waals surface area contributed by atoms with Crippen molar-refractivity contribution < 1.29 is 14.3 Å². The Bertz CT molecular complexity index is 1130. The Morgan fingerprint density at radius 1 is 1.21 bits per heavy atom. The van der Waals surface area contributed by atoms with Crippen LogP contribution in [0.2, 0.25) is 0 Å². The van der Waals surface area contributed by atoms with Crippen LogP contribution in [-0.4, -0.2) is 52.1 Å². The van der Waals surface area contributed by atoms with E-state index in [4.69, 9.17) is 9.72 Å². The van der Waals surface area contributed by atoms with E-state index in [1.54, 1.807) is 13.0 Å². The average molecular weight is 449 g/mol. The minimum Gasteiger partial charge on any atom is -0.376 e. The number of rotatable bonds is 8. The largest absolute Gasteiger partial charge is 0.376 e. The highest BCUT2D eigenvalue weighted by Crippen LogP contribution is 2.27. The molecule has 0 bridgehead atoms. The zero-order chi connectivity index (χ0) is 23.4. The van der Waals surface area contributed by atoms with E-state index < -0.39 is 0 Å². The summed E-state index contributed by atoms with van der Waals surface area (Å²) in [4.78, 5) is 32.5. The molecule has 0 saturated carbocycles. The number of fused-ring (bicyclic) bond motifs is 1. The second-order valence-electron chi connectivity index (χ2n) is 8.52. The zero-order valence-corrected chi connectivity index (χ0v) is 19.6. The molecule has 1 aromatic heterocycles. The summed E-state index contributed by atoms with van der Waals surface area (Å²) in [7, 11) is 1.95. The van der Waals surface area contributed by atoms with Crippen LogP contribution in [0.3, 0.4) is 0 Å². The molecule has 7 nitrogen and oxygen atoms in total. The number of nitrogens with zero attached hydrogens (tertiary/aromatic N) is 3. The van der Waals surface area contributed by atoms with Gasteiger partial charge in [-0.1, -0.05) is 37.3 Å². The van der Waals surface area contributed by atoms with E-state index in [2.05, 4.69) is 17.4 Å². The Morgan fingerprint density at radius 2 is 2.00 bits per heavy atom. The lowest BCUT2D eigenvalue weighted by Crippen LogP contribution is -2.37. The van der Waals surface area contributed by atoms with Gasteiger partial charge >= 0.3 is 0 Å². The van der Waals surface area contributed by atoms with Crippen molar-refractivity contribution in [3.05, 3.63) is 59.4 Å². The number of amides is 2. The molecule has 2 aromatic carbocycles. The Kier molecular flexibility index (Phi) is 7.08. The second-order valence-corrected chi connectivity index (χ2v) is 8.52. The first-order valence-electron chi connectivity index (χ1n) is 11.7. The summed E-state index contributed by atoms with van der Waals surface area (Å²) in [6, 6.07) is 13.8. The van der Waals surface area contributed by atoms with E-state index >= 15 is 0 Å². The standard InChI is InChI=1S/C26H32N4O3/c1-4-24(31)27-19-15-21(26(32)30(5-2)17-20-12-9-13-33-20)25-22(16-19)28-23(29(25)3)14-18-10-7-6-8-11-18/h6-8,10-11,15-16,20H,4-5,9,12-14,17H2,1-3H3,(H,27,31). The molecule has 0 radical (unpaired) electrons. The predicted molar refractivity (Wildman–Crippen MR) is 129 cm³/mol. The van der Waals surface area contributed by atoms with Crippen LogP contribution in [0.5, 0.6) is 0 Å². The Morgan fingerprint density at radius 3 is 2.67 bits per heavy atom. The van der Waals surface area contributed by atoms with Gasteiger partial charge in [-0.2, -0.15) is 0 Å². The van der Waals surface area contributed by atoms with Gasteiger partial charge in [0.1, 0.15) is 5.82 Å². The number of imidazole rings is 1. The molecule has 7 heteroatoms. The van der Waals surface area contributed by atoms with Crippen molar-refractivity contribution in [2.24, 2.45) is 7.05 Å². The van der Waals surface area contributed by atoms with Crippen molar-refractivity contribution in [2.45, 2.75) is 45.6 Å². The van der Waals surface area contributed by atoms with Crippen LogP contribution in [0.1, 0.15) is 54.9 Å². The van der Waals surface area contributed by atoms with E-state index in [0.717, 1.165) is 36.4 Å². The van der Waals surface area contributed by atoms with Crippen LogP contribution in [0.15, 0.2) is 42.5 Å². The van der Waals surface area contributed by atoms with Crippen LogP contribution in [0.25, 0.3) is 11.0 Å². The van der Waals surface area contributed by atoms with Crippen molar-refractivity contribution in [3.63, 3.8) is 0 Å². The van der Waals surface area contributed by atoms with Crippen molar-refractivity contribution in [2.75, 3.05) is 25.0 Å². The maximum absolute atomic E-state index is 13.7. The third kappa shape index (κ3) is 5.09. The van der Waals surface area contributed by atoms with Crippen LogP contribution in [-0.2, 0) is 23.0 Å². The number of ether oxygens (including phenoxy) is 1. The summed E-state index contributed by atoms with van der Waals surface area (Å²) in [6.45, 7) is 5.69. The molecule has 2 amide bonds. The van der Waals surface area contributed by atoms with Gasteiger partial charge < -0.3 is 19.5 Å². The molecule has 1 aliphatic rings. The third-order valence-corrected chi connectivity index (χ3v) is 6.22. The van der Waals surface area contributed by atoms with Gasteiger partial charge in [-0.25, -0.2) is 4.98 Å². The first-order valence-corrected chi connectivity index (χ1v) is 11.7. The van der Waals surface area contributed by atoms with Crippen molar-refractivity contribution in [3.8, 4) is 0 Å². The lowest BCUT2D eigenvalue weighted by molar-refractivity contribution is -0.115. The molecule has 1 N–H and O–H groups in total. The number of hydrogen-bond donors (Lipinski definition) is 1. The second kappa shape index (κ2) is 10.2. The van der Waals surface area contributed by atoms with Gasteiger partial charge in [-0.05, 0) is 37.5 Å². The molecular weight excluding hydrogens is 416 g/mol. The fraction of sp³-hybridized carbons (Fsp3) is 0.423. The molecule has 3 aromatic rings. The van der Waals surface area contributed by atoms with Crippen molar-refractivity contribution >= 4 is 28.5 Å². The number of aryl methyl sites for hydroxylation is 1. The molecule has 2 heterocycles. The number of nitrogens with one attached hydrogen (secondary N) is 1.